The van der Waals surface area contributed by atoms with E-state index in [0.717, 1.165) is 28.8 Å². The van der Waals surface area contributed by atoms with Crippen LogP contribution in [-0.4, -0.2) is 15.4 Å². The molecule has 4 aromatic rings. The highest BCUT2D eigenvalue weighted by Crippen LogP contribution is 2.31. The van der Waals surface area contributed by atoms with Gasteiger partial charge in [-0.2, -0.15) is 0 Å². The Kier molecular flexibility index (Phi) is 4.72. The number of halogens is 2. The van der Waals surface area contributed by atoms with E-state index in [0.29, 0.717) is 17.2 Å². The number of fused-ring (bicyclic) bond motifs is 1. The van der Waals surface area contributed by atoms with Crippen LogP contribution in [0.15, 0.2) is 60.8 Å². The number of rotatable bonds is 3. The van der Waals surface area contributed by atoms with Crippen LogP contribution in [0.1, 0.15) is 11.1 Å². The fourth-order valence-electron chi connectivity index (χ4n) is 3.14. The van der Waals surface area contributed by atoms with Crippen LogP contribution in [0.25, 0.3) is 16.9 Å². The summed E-state index contributed by atoms with van der Waals surface area (Å²) in [4.78, 5) is 17.3. The van der Waals surface area contributed by atoms with Gasteiger partial charge in [0.25, 0.3) is 0 Å². The van der Waals surface area contributed by atoms with E-state index < -0.39 is 17.7 Å². The van der Waals surface area contributed by atoms with Crippen LogP contribution < -0.4 is 10.6 Å². The van der Waals surface area contributed by atoms with Crippen molar-refractivity contribution in [1.29, 1.82) is 0 Å². The lowest BCUT2D eigenvalue weighted by Crippen LogP contribution is -2.21. The van der Waals surface area contributed by atoms with Gasteiger partial charge in [0.2, 0.25) is 0 Å². The van der Waals surface area contributed by atoms with Gasteiger partial charge in [-0.3, -0.25) is 9.72 Å². The van der Waals surface area contributed by atoms with Gasteiger partial charge in [-0.05, 0) is 49.2 Å². The van der Waals surface area contributed by atoms with Crippen LogP contribution in [0.5, 0.6) is 0 Å². The zero-order valence-corrected chi connectivity index (χ0v) is 15.8. The molecule has 2 amide bonds. The summed E-state index contributed by atoms with van der Waals surface area (Å²) < 4.78 is 28.3. The summed E-state index contributed by atoms with van der Waals surface area (Å²) in [5.41, 5.74) is 4.38. The summed E-state index contributed by atoms with van der Waals surface area (Å²) in [6, 6.07) is 14.2. The minimum atomic E-state index is -1.03. The van der Waals surface area contributed by atoms with Gasteiger partial charge >= 0.3 is 6.03 Å². The average molecular weight is 392 g/mol. The van der Waals surface area contributed by atoms with Crippen molar-refractivity contribution in [2.45, 2.75) is 13.8 Å². The molecule has 2 aromatic heterocycles. The first-order valence-electron chi connectivity index (χ1n) is 9.00. The Hall–Kier alpha value is -3.74. The fraction of sp³-hybridized carbons (Fsp3) is 0.0909. The molecule has 0 atom stereocenters. The number of amides is 2. The molecule has 0 saturated carbocycles. The average Bonchev–Trinajstić information content (AvgIpc) is 3.02. The van der Waals surface area contributed by atoms with Gasteiger partial charge in [-0.25, -0.2) is 18.6 Å². The van der Waals surface area contributed by atoms with Crippen molar-refractivity contribution in [3.05, 3.63) is 83.6 Å². The molecule has 0 radical (unpaired) electrons. The predicted molar refractivity (Wildman–Crippen MR) is 109 cm³/mol. The molecule has 5 nitrogen and oxygen atoms in total. The molecule has 29 heavy (non-hydrogen) atoms. The minimum absolute atomic E-state index is 0.142. The molecule has 0 aliphatic heterocycles. The van der Waals surface area contributed by atoms with Gasteiger partial charge in [-0.15, -0.1) is 0 Å². The predicted octanol–water partition coefficient (Wildman–Crippen LogP) is 5.54. The Morgan fingerprint density at radius 3 is 2.52 bits per heavy atom. The molecule has 0 bridgehead atoms. The standard InChI is InChI=1S/C22H18F2N4O/c1-13-9-10-28-19(11-13)26-20(16-6-4-3-5-14(16)2)21(28)27-22(29)25-15-7-8-17(23)18(24)12-15/h3-12H,1-2H3,(H2,25,27,29). The zero-order valence-electron chi connectivity index (χ0n) is 15.8. The van der Waals surface area contributed by atoms with E-state index in [1.54, 1.807) is 4.40 Å². The van der Waals surface area contributed by atoms with E-state index in [4.69, 9.17) is 4.98 Å². The zero-order chi connectivity index (χ0) is 20.5. The highest BCUT2D eigenvalue weighted by atomic mass is 19.2. The van der Waals surface area contributed by atoms with Gasteiger partial charge in [0, 0.05) is 23.5 Å². The summed E-state index contributed by atoms with van der Waals surface area (Å²) in [6.07, 6.45) is 1.83. The lowest BCUT2D eigenvalue weighted by molar-refractivity contribution is 0.262. The van der Waals surface area contributed by atoms with E-state index in [1.165, 1.54) is 6.07 Å². The van der Waals surface area contributed by atoms with Gasteiger partial charge in [0.05, 0.1) is 0 Å². The third-order valence-electron chi connectivity index (χ3n) is 4.59. The smallest absolute Gasteiger partial charge is 0.308 e. The Morgan fingerprint density at radius 2 is 1.76 bits per heavy atom. The molecule has 0 saturated heterocycles. The summed E-state index contributed by atoms with van der Waals surface area (Å²) >= 11 is 0. The number of nitrogens with one attached hydrogen (secondary N) is 2. The highest BCUT2D eigenvalue weighted by molar-refractivity contribution is 6.01. The first-order valence-corrected chi connectivity index (χ1v) is 9.00. The number of anilines is 2. The third kappa shape index (κ3) is 3.67. The molecule has 2 heterocycles. The second-order valence-corrected chi connectivity index (χ2v) is 6.76. The van der Waals surface area contributed by atoms with Crippen LogP contribution in [0.3, 0.4) is 0 Å². The van der Waals surface area contributed by atoms with Gasteiger partial charge in [0.1, 0.15) is 17.2 Å². The van der Waals surface area contributed by atoms with Crippen molar-refractivity contribution in [3.8, 4) is 11.3 Å². The first-order chi connectivity index (χ1) is 13.9. The van der Waals surface area contributed by atoms with Crippen molar-refractivity contribution in [3.63, 3.8) is 0 Å². The third-order valence-corrected chi connectivity index (χ3v) is 4.59. The van der Waals surface area contributed by atoms with E-state index in [1.807, 2.05) is 56.4 Å². The number of hydrogen-bond donors (Lipinski definition) is 2. The van der Waals surface area contributed by atoms with Gasteiger partial charge < -0.3 is 5.32 Å². The highest BCUT2D eigenvalue weighted by Gasteiger charge is 2.18. The van der Waals surface area contributed by atoms with E-state index >= 15 is 0 Å². The van der Waals surface area contributed by atoms with Crippen molar-refractivity contribution in [1.82, 2.24) is 9.38 Å². The number of imidazole rings is 1. The number of carbonyl (C=O) groups is 1. The molecule has 7 heteroatoms. The Labute approximate surface area is 166 Å². The molecule has 0 fully saturated rings. The summed E-state index contributed by atoms with van der Waals surface area (Å²) in [5, 5.41) is 5.32. The first kappa shape index (κ1) is 18.6. The number of hydrogen-bond acceptors (Lipinski definition) is 2. The number of carbonyl (C=O) groups excluding carboxylic acids is 1. The maximum absolute atomic E-state index is 13.4. The van der Waals surface area contributed by atoms with Gasteiger partial charge in [-0.1, -0.05) is 24.3 Å². The van der Waals surface area contributed by atoms with Crippen molar-refractivity contribution in [2.24, 2.45) is 0 Å². The number of benzene rings is 2. The molecule has 0 unspecified atom stereocenters. The second kappa shape index (κ2) is 7.35. The largest absolute Gasteiger partial charge is 0.324 e. The minimum Gasteiger partial charge on any atom is -0.308 e. The number of aryl methyl sites for hydroxylation is 2. The van der Waals surface area contributed by atoms with E-state index in [2.05, 4.69) is 10.6 Å². The number of aromatic nitrogens is 2. The SMILES string of the molecule is Cc1ccn2c(NC(=O)Nc3ccc(F)c(F)c3)c(-c3ccccc3C)nc2c1. The van der Waals surface area contributed by atoms with Crippen LogP contribution in [0.2, 0.25) is 0 Å². The maximum Gasteiger partial charge on any atom is 0.324 e. The van der Waals surface area contributed by atoms with Crippen molar-refractivity contribution < 1.29 is 13.6 Å². The van der Waals surface area contributed by atoms with Crippen LogP contribution in [-0.2, 0) is 0 Å². The lowest BCUT2D eigenvalue weighted by Gasteiger charge is -2.11. The molecule has 0 aliphatic carbocycles. The quantitative estimate of drug-likeness (QED) is 0.481. The molecular weight excluding hydrogens is 374 g/mol. The molecule has 2 N–H and O–H groups in total. The Morgan fingerprint density at radius 1 is 0.966 bits per heavy atom. The number of nitrogens with zero attached hydrogens (tertiary/aromatic N) is 2. The molecule has 0 aliphatic rings. The molecule has 2 aromatic carbocycles. The van der Waals surface area contributed by atoms with Crippen molar-refractivity contribution in [2.75, 3.05) is 10.6 Å². The molecular formula is C22H18F2N4O. The molecule has 0 spiro atoms. The van der Waals surface area contributed by atoms with Crippen LogP contribution in [0.4, 0.5) is 25.1 Å². The number of urea groups is 1. The van der Waals surface area contributed by atoms with E-state index in [-0.39, 0.29) is 5.69 Å². The maximum atomic E-state index is 13.4. The monoisotopic (exact) mass is 392 g/mol. The normalized spacial score (nSPS) is 10.9. The van der Waals surface area contributed by atoms with E-state index in [9.17, 15) is 13.6 Å². The second-order valence-electron chi connectivity index (χ2n) is 6.76. The summed E-state index contributed by atoms with van der Waals surface area (Å²) in [7, 11) is 0. The van der Waals surface area contributed by atoms with Crippen LogP contribution in [0, 0.1) is 25.5 Å². The number of pyridine rings is 1. The topological polar surface area (TPSA) is 58.4 Å². The fourth-order valence-corrected chi connectivity index (χ4v) is 3.14. The molecule has 4 rings (SSSR count). The molecule has 146 valence electrons. The van der Waals surface area contributed by atoms with Gasteiger partial charge in [0.15, 0.2) is 11.6 Å². The summed E-state index contributed by atoms with van der Waals surface area (Å²) in [6.45, 7) is 3.93. The Bertz CT molecular complexity index is 1230. The van der Waals surface area contributed by atoms with Crippen LogP contribution >= 0.6 is 0 Å². The lowest BCUT2D eigenvalue weighted by atomic mass is 10.1. The van der Waals surface area contributed by atoms with Crippen molar-refractivity contribution >= 4 is 23.2 Å². The Balaban J connectivity index is 1.73. The summed E-state index contributed by atoms with van der Waals surface area (Å²) in [5.74, 6) is -1.53.